The molecule has 4 nitrogen and oxygen atoms in total. The zero-order valence-electron chi connectivity index (χ0n) is 9.42. The summed E-state index contributed by atoms with van der Waals surface area (Å²) in [5, 5.41) is 1.73. The fourth-order valence-corrected chi connectivity index (χ4v) is 4.85. The Kier molecular flexibility index (Phi) is 1.43. The zero-order valence-corrected chi connectivity index (χ0v) is 9.42. The van der Waals surface area contributed by atoms with Gasteiger partial charge in [0, 0.05) is 12.0 Å². The molecule has 3 rings (SSSR count). The Balaban J connectivity index is 2.22. The molecule has 0 radical (unpaired) electrons. The van der Waals surface area contributed by atoms with E-state index in [1.807, 2.05) is 0 Å². The van der Waals surface area contributed by atoms with Crippen molar-refractivity contribution >= 4 is 5.91 Å². The lowest BCUT2D eigenvalue weighted by molar-refractivity contribution is -0.135. The van der Waals surface area contributed by atoms with Crippen molar-refractivity contribution in [2.24, 2.45) is 28.3 Å². The summed E-state index contributed by atoms with van der Waals surface area (Å²) in [6.45, 7) is 5.30. The lowest BCUT2D eigenvalue weighted by Gasteiger charge is -2.43. The van der Waals surface area contributed by atoms with Crippen LogP contribution in [0.5, 0.6) is 0 Å². The molecule has 4 heteroatoms. The summed E-state index contributed by atoms with van der Waals surface area (Å²) in [6, 6.07) is 0. The molecule has 0 spiro atoms. The van der Waals surface area contributed by atoms with E-state index in [0.29, 0.717) is 5.92 Å². The molecule has 15 heavy (non-hydrogen) atoms. The van der Waals surface area contributed by atoms with Gasteiger partial charge in [0.05, 0.1) is 0 Å². The smallest absolute Gasteiger partial charge is 0.239 e. The van der Waals surface area contributed by atoms with Crippen molar-refractivity contribution in [2.45, 2.75) is 38.6 Å². The van der Waals surface area contributed by atoms with Crippen molar-refractivity contribution in [3.05, 3.63) is 0 Å². The summed E-state index contributed by atoms with van der Waals surface area (Å²) >= 11 is 0. The Bertz CT molecular complexity index is 358. The zero-order chi connectivity index (χ0) is 11.1. The summed E-state index contributed by atoms with van der Waals surface area (Å²) in [4.78, 5) is 11.8. The number of carbonyl (C=O) groups excluding carboxylic acids is 1. The minimum absolute atomic E-state index is 0.00868. The maximum absolute atomic E-state index is 11.8. The molecule has 1 aliphatic heterocycles. The van der Waals surface area contributed by atoms with Crippen molar-refractivity contribution in [1.29, 1.82) is 0 Å². The average molecular weight is 209 g/mol. The topological polar surface area (TPSA) is 72.4 Å². The van der Waals surface area contributed by atoms with E-state index in [0.717, 1.165) is 19.4 Å². The second kappa shape index (κ2) is 2.23. The van der Waals surface area contributed by atoms with Gasteiger partial charge in [0.15, 0.2) is 0 Å². The molecule has 4 bridgehead atoms. The molecule has 1 amide bonds. The molecule has 84 valence electrons. The van der Waals surface area contributed by atoms with Crippen molar-refractivity contribution < 1.29 is 4.79 Å². The van der Waals surface area contributed by atoms with Crippen LogP contribution in [0.1, 0.15) is 33.1 Å². The first-order valence-corrected chi connectivity index (χ1v) is 5.71. The highest BCUT2D eigenvalue weighted by Gasteiger charge is 2.79. The van der Waals surface area contributed by atoms with Crippen LogP contribution in [-0.4, -0.2) is 23.0 Å². The number of piperidine rings is 1. The van der Waals surface area contributed by atoms with Crippen molar-refractivity contribution in [3.8, 4) is 0 Å². The van der Waals surface area contributed by atoms with E-state index in [1.165, 1.54) is 6.42 Å². The van der Waals surface area contributed by atoms with E-state index in [1.54, 1.807) is 5.01 Å². The van der Waals surface area contributed by atoms with E-state index in [2.05, 4.69) is 13.8 Å². The van der Waals surface area contributed by atoms with Crippen LogP contribution in [0.4, 0.5) is 0 Å². The van der Waals surface area contributed by atoms with Gasteiger partial charge in [0.25, 0.3) is 0 Å². The fraction of sp³-hybridized carbons (Fsp3) is 0.909. The van der Waals surface area contributed by atoms with Gasteiger partial charge in [-0.3, -0.25) is 10.6 Å². The van der Waals surface area contributed by atoms with Crippen LogP contribution in [0.2, 0.25) is 0 Å². The lowest BCUT2D eigenvalue weighted by Crippen LogP contribution is -2.63. The molecule has 1 heterocycles. The summed E-state index contributed by atoms with van der Waals surface area (Å²) in [5.41, 5.74) is 5.25. The fourth-order valence-electron chi connectivity index (χ4n) is 4.85. The van der Waals surface area contributed by atoms with E-state index in [9.17, 15) is 4.79 Å². The third-order valence-electron chi connectivity index (χ3n) is 6.01. The summed E-state index contributed by atoms with van der Waals surface area (Å²) in [5.74, 6) is 6.46. The molecule has 0 aromatic rings. The number of hydrogen-bond acceptors (Lipinski definition) is 3. The summed E-state index contributed by atoms with van der Waals surface area (Å²) < 4.78 is 0. The van der Waals surface area contributed by atoms with Crippen molar-refractivity contribution in [3.63, 3.8) is 0 Å². The van der Waals surface area contributed by atoms with Gasteiger partial charge in [-0.15, -0.1) is 0 Å². The maximum Gasteiger partial charge on any atom is 0.239 e. The molecule has 0 aromatic heterocycles. The minimum Gasteiger partial charge on any atom is -0.368 e. The van der Waals surface area contributed by atoms with Crippen LogP contribution >= 0.6 is 0 Å². The molecule has 1 saturated heterocycles. The highest BCUT2D eigenvalue weighted by molar-refractivity contribution is 5.87. The standard InChI is InChI=1S/C11H19N3O/c1-9-6-14(13)11(8(12)15)5-7(9)3-4-10(9,11)2/h7H,3-6,13H2,1-2H3,(H2,12,15)/t7-,9-,10+,11-/m1/s1. The third-order valence-corrected chi connectivity index (χ3v) is 6.01. The predicted molar refractivity (Wildman–Crippen MR) is 56.4 cm³/mol. The number of amides is 1. The van der Waals surface area contributed by atoms with Crippen LogP contribution in [-0.2, 0) is 4.79 Å². The van der Waals surface area contributed by atoms with Crippen molar-refractivity contribution in [2.75, 3.05) is 6.54 Å². The highest BCUT2D eigenvalue weighted by atomic mass is 16.2. The average Bonchev–Trinajstić information content (AvgIpc) is 2.55. The number of hydrogen-bond donors (Lipinski definition) is 2. The number of hydrazine groups is 1. The van der Waals surface area contributed by atoms with Crippen molar-refractivity contribution in [1.82, 2.24) is 5.01 Å². The molecular formula is C11H19N3O. The molecule has 2 saturated carbocycles. The Morgan fingerprint density at radius 2 is 2.13 bits per heavy atom. The number of carbonyl (C=O) groups is 1. The Labute approximate surface area is 89.9 Å². The first kappa shape index (κ1) is 9.60. The second-order valence-electron chi connectivity index (χ2n) is 6.04. The lowest BCUT2D eigenvalue weighted by atomic mass is 9.65. The first-order chi connectivity index (χ1) is 6.88. The Hall–Kier alpha value is -0.610. The molecule has 0 aromatic carbocycles. The van der Waals surface area contributed by atoms with Gasteiger partial charge >= 0.3 is 0 Å². The molecule has 4 N–H and O–H groups in total. The van der Waals surface area contributed by atoms with E-state index in [4.69, 9.17) is 11.6 Å². The number of nitrogens with two attached hydrogens (primary N) is 2. The van der Waals surface area contributed by atoms with Crippen LogP contribution in [0.3, 0.4) is 0 Å². The normalized spacial score (nSPS) is 57.7. The highest BCUT2D eigenvalue weighted by Crippen LogP contribution is 2.74. The number of rotatable bonds is 1. The van der Waals surface area contributed by atoms with Gasteiger partial charge in [-0.1, -0.05) is 13.8 Å². The Morgan fingerprint density at radius 3 is 2.60 bits per heavy atom. The number of primary amides is 1. The summed E-state index contributed by atoms with van der Waals surface area (Å²) in [7, 11) is 0. The third kappa shape index (κ3) is 0.658. The van der Waals surface area contributed by atoms with E-state index in [-0.39, 0.29) is 16.7 Å². The molecule has 4 atom stereocenters. The van der Waals surface area contributed by atoms with Crippen LogP contribution in [0, 0.1) is 16.7 Å². The monoisotopic (exact) mass is 209 g/mol. The molecule has 3 aliphatic rings. The maximum atomic E-state index is 11.8. The SMILES string of the molecule is C[C@@]12CC[C@@H]3C[C@]1(C(N)=O)N(N)C[C@]32C. The van der Waals surface area contributed by atoms with Gasteiger partial charge in [0.2, 0.25) is 5.91 Å². The van der Waals surface area contributed by atoms with Crippen LogP contribution in [0.15, 0.2) is 0 Å². The van der Waals surface area contributed by atoms with Gasteiger partial charge in [0.1, 0.15) is 5.54 Å². The predicted octanol–water partition coefficient (Wildman–Crippen LogP) is 0.226. The largest absolute Gasteiger partial charge is 0.368 e. The second-order valence-corrected chi connectivity index (χ2v) is 6.04. The van der Waals surface area contributed by atoms with E-state index >= 15 is 0 Å². The first-order valence-electron chi connectivity index (χ1n) is 5.71. The van der Waals surface area contributed by atoms with Gasteiger partial charge < -0.3 is 5.73 Å². The van der Waals surface area contributed by atoms with Gasteiger partial charge in [-0.05, 0) is 30.6 Å². The number of nitrogens with zero attached hydrogens (tertiary/aromatic N) is 1. The minimum atomic E-state index is -0.565. The van der Waals surface area contributed by atoms with E-state index < -0.39 is 5.54 Å². The molecule has 0 unspecified atom stereocenters. The summed E-state index contributed by atoms with van der Waals surface area (Å²) in [6.07, 6.45) is 3.19. The van der Waals surface area contributed by atoms with Crippen LogP contribution < -0.4 is 11.6 Å². The van der Waals surface area contributed by atoms with Gasteiger partial charge in [-0.25, -0.2) is 5.01 Å². The molecule has 3 fully saturated rings. The van der Waals surface area contributed by atoms with Crippen LogP contribution in [0.25, 0.3) is 0 Å². The molecule has 2 aliphatic carbocycles. The Morgan fingerprint density at radius 1 is 1.47 bits per heavy atom. The van der Waals surface area contributed by atoms with Gasteiger partial charge in [-0.2, -0.15) is 0 Å². The molecular weight excluding hydrogens is 190 g/mol. The quantitative estimate of drug-likeness (QED) is 0.607.